The van der Waals surface area contributed by atoms with Gasteiger partial charge in [0, 0.05) is 30.5 Å². The van der Waals surface area contributed by atoms with E-state index in [2.05, 4.69) is 11.4 Å². The molecule has 0 fully saturated rings. The van der Waals surface area contributed by atoms with Gasteiger partial charge >= 0.3 is 0 Å². The lowest BCUT2D eigenvalue weighted by atomic mass is 10.3. The fourth-order valence-corrected chi connectivity index (χ4v) is 1.91. The van der Waals surface area contributed by atoms with Gasteiger partial charge in [-0.1, -0.05) is 0 Å². The molecule has 4 nitrogen and oxygen atoms in total. The van der Waals surface area contributed by atoms with Gasteiger partial charge in [0.05, 0.1) is 25.4 Å². The van der Waals surface area contributed by atoms with Crippen molar-refractivity contribution in [2.24, 2.45) is 0 Å². The lowest BCUT2D eigenvalue weighted by Gasteiger charge is -2.04. The van der Waals surface area contributed by atoms with Crippen molar-refractivity contribution in [3.8, 4) is 6.07 Å². The molecule has 1 aromatic rings. The van der Waals surface area contributed by atoms with E-state index in [4.69, 9.17) is 14.7 Å². The van der Waals surface area contributed by atoms with Crippen LogP contribution in [0, 0.1) is 11.3 Å². The van der Waals surface area contributed by atoms with Crippen molar-refractivity contribution in [1.29, 1.82) is 5.26 Å². The molecule has 0 spiro atoms. The van der Waals surface area contributed by atoms with E-state index < -0.39 is 0 Å². The number of rotatable bonds is 8. The monoisotopic (exact) mass is 240 g/mol. The molecule has 0 unspecified atom stereocenters. The maximum absolute atomic E-state index is 8.65. The molecule has 0 saturated heterocycles. The highest BCUT2D eigenvalue weighted by Crippen LogP contribution is 2.12. The SMILES string of the molecule is COCCOCCNCc1cc(C#N)cs1. The molecular weight excluding hydrogens is 224 g/mol. The quantitative estimate of drug-likeness (QED) is 0.697. The topological polar surface area (TPSA) is 54.3 Å². The van der Waals surface area contributed by atoms with E-state index in [1.165, 1.54) is 4.88 Å². The predicted octanol–water partition coefficient (Wildman–Crippen LogP) is 1.37. The number of nitrogens with zero attached hydrogens (tertiary/aromatic N) is 1. The lowest BCUT2D eigenvalue weighted by molar-refractivity contribution is 0.0719. The summed E-state index contributed by atoms with van der Waals surface area (Å²) in [6, 6.07) is 4.02. The van der Waals surface area contributed by atoms with Gasteiger partial charge in [-0.15, -0.1) is 11.3 Å². The van der Waals surface area contributed by atoms with Gasteiger partial charge in [-0.05, 0) is 6.07 Å². The summed E-state index contributed by atoms with van der Waals surface area (Å²) in [7, 11) is 1.66. The van der Waals surface area contributed by atoms with Gasteiger partial charge in [0.1, 0.15) is 6.07 Å². The normalized spacial score (nSPS) is 10.2. The Morgan fingerprint density at radius 1 is 1.44 bits per heavy atom. The van der Waals surface area contributed by atoms with E-state index in [0.29, 0.717) is 19.8 Å². The fourth-order valence-electron chi connectivity index (χ4n) is 1.13. The highest BCUT2D eigenvalue weighted by molar-refractivity contribution is 7.10. The average molecular weight is 240 g/mol. The summed E-state index contributed by atoms with van der Waals surface area (Å²) in [5.74, 6) is 0. The molecule has 0 saturated carbocycles. The molecule has 1 aromatic heterocycles. The molecular formula is C11H16N2O2S. The number of hydrogen-bond donors (Lipinski definition) is 1. The maximum atomic E-state index is 8.65. The molecule has 5 heteroatoms. The summed E-state index contributed by atoms with van der Waals surface area (Å²) in [6.07, 6.45) is 0. The Bertz CT molecular complexity index is 333. The minimum absolute atomic E-state index is 0.635. The largest absolute Gasteiger partial charge is 0.382 e. The third-order valence-electron chi connectivity index (χ3n) is 1.94. The van der Waals surface area contributed by atoms with E-state index in [0.717, 1.165) is 18.7 Å². The van der Waals surface area contributed by atoms with Crippen LogP contribution in [0.5, 0.6) is 0 Å². The van der Waals surface area contributed by atoms with Gasteiger partial charge < -0.3 is 14.8 Å². The molecule has 1 N–H and O–H groups in total. The van der Waals surface area contributed by atoms with Gasteiger partial charge in [0.25, 0.3) is 0 Å². The molecule has 0 aliphatic heterocycles. The van der Waals surface area contributed by atoms with Gasteiger partial charge in [-0.3, -0.25) is 0 Å². The zero-order valence-electron chi connectivity index (χ0n) is 9.36. The number of ether oxygens (including phenoxy) is 2. The summed E-state index contributed by atoms with van der Waals surface area (Å²) in [5, 5.41) is 13.8. The van der Waals surface area contributed by atoms with E-state index in [9.17, 15) is 0 Å². The third-order valence-corrected chi connectivity index (χ3v) is 2.87. The van der Waals surface area contributed by atoms with E-state index in [-0.39, 0.29) is 0 Å². The van der Waals surface area contributed by atoms with Gasteiger partial charge in [0.15, 0.2) is 0 Å². The Hall–Kier alpha value is -0.930. The minimum atomic E-state index is 0.635. The first-order valence-corrected chi connectivity index (χ1v) is 5.99. The van der Waals surface area contributed by atoms with Crippen molar-refractivity contribution in [1.82, 2.24) is 5.32 Å². The van der Waals surface area contributed by atoms with Crippen LogP contribution in [-0.4, -0.2) is 33.5 Å². The van der Waals surface area contributed by atoms with E-state index in [1.807, 2.05) is 11.4 Å². The summed E-state index contributed by atoms with van der Waals surface area (Å²) in [6.45, 7) is 3.55. The van der Waals surface area contributed by atoms with Crippen LogP contribution in [0.2, 0.25) is 0 Å². The van der Waals surface area contributed by atoms with Crippen LogP contribution in [0.4, 0.5) is 0 Å². The first-order valence-electron chi connectivity index (χ1n) is 5.11. The molecule has 1 rings (SSSR count). The van der Waals surface area contributed by atoms with Crippen molar-refractivity contribution in [3.05, 3.63) is 21.9 Å². The van der Waals surface area contributed by atoms with Crippen molar-refractivity contribution >= 4 is 11.3 Å². The minimum Gasteiger partial charge on any atom is -0.382 e. The van der Waals surface area contributed by atoms with Crippen LogP contribution in [0.15, 0.2) is 11.4 Å². The Morgan fingerprint density at radius 2 is 2.31 bits per heavy atom. The van der Waals surface area contributed by atoms with Crippen LogP contribution < -0.4 is 5.32 Å². The van der Waals surface area contributed by atoms with Gasteiger partial charge in [-0.2, -0.15) is 5.26 Å². The zero-order chi connectivity index (χ0) is 11.6. The van der Waals surface area contributed by atoms with Gasteiger partial charge in [-0.25, -0.2) is 0 Å². The molecule has 0 aliphatic rings. The summed E-state index contributed by atoms with van der Waals surface area (Å²) in [5.41, 5.74) is 0.734. The number of thiophene rings is 1. The van der Waals surface area contributed by atoms with E-state index >= 15 is 0 Å². The molecule has 0 aromatic carbocycles. The Kier molecular flexibility index (Phi) is 6.77. The van der Waals surface area contributed by atoms with Crippen LogP contribution in [0.1, 0.15) is 10.4 Å². The molecule has 0 radical (unpaired) electrons. The van der Waals surface area contributed by atoms with E-state index in [1.54, 1.807) is 18.4 Å². The second-order valence-corrected chi connectivity index (χ2v) is 4.19. The molecule has 1 heterocycles. The van der Waals surface area contributed by atoms with Crippen molar-refractivity contribution in [2.75, 3.05) is 33.5 Å². The molecule has 88 valence electrons. The fraction of sp³-hybridized carbons (Fsp3) is 0.545. The first-order chi connectivity index (χ1) is 7.86. The average Bonchev–Trinajstić information content (AvgIpc) is 2.76. The Morgan fingerprint density at radius 3 is 3.00 bits per heavy atom. The Balaban J connectivity index is 2.01. The number of nitriles is 1. The van der Waals surface area contributed by atoms with Crippen molar-refractivity contribution < 1.29 is 9.47 Å². The molecule has 0 aliphatic carbocycles. The standard InChI is InChI=1S/C11H16N2O2S/c1-14-4-5-15-3-2-13-8-11-6-10(7-12)9-16-11/h6,9,13H,2-5,8H2,1H3. The second-order valence-electron chi connectivity index (χ2n) is 3.20. The summed E-state index contributed by atoms with van der Waals surface area (Å²) < 4.78 is 10.2. The lowest BCUT2D eigenvalue weighted by Crippen LogP contribution is -2.19. The van der Waals surface area contributed by atoms with Crippen LogP contribution in [0.3, 0.4) is 0 Å². The second kappa shape index (κ2) is 8.25. The van der Waals surface area contributed by atoms with Crippen LogP contribution in [-0.2, 0) is 16.0 Å². The molecule has 0 atom stereocenters. The molecule has 0 bridgehead atoms. The molecule has 0 amide bonds. The van der Waals surface area contributed by atoms with Crippen molar-refractivity contribution in [2.45, 2.75) is 6.54 Å². The highest BCUT2D eigenvalue weighted by atomic mass is 32.1. The Labute approximate surface area is 99.8 Å². The molecule has 16 heavy (non-hydrogen) atoms. The summed E-state index contributed by atoms with van der Waals surface area (Å²) in [4.78, 5) is 1.17. The van der Waals surface area contributed by atoms with Crippen molar-refractivity contribution in [3.63, 3.8) is 0 Å². The van der Waals surface area contributed by atoms with Crippen LogP contribution >= 0.6 is 11.3 Å². The number of nitrogens with one attached hydrogen (secondary N) is 1. The predicted molar refractivity (Wildman–Crippen MR) is 63.4 cm³/mol. The number of hydrogen-bond acceptors (Lipinski definition) is 5. The smallest absolute Gasteiger partial charge is 0.100 e. The summed E-state index contributed by atoms with van der Waals surface area (Å²) >= 11 is 1.60. The zero-order valence-corrected chi connectivity index (χ0v) is 10.2. The maximum Gasteiger partial charge on any atom is 0.100 e. The number of methoxy groups -OCH3 is 1. The highest BCUT2D eigenvalue weighted by Gasteiger charge is 1.98. The van der Waals surface area contributed by atoms with Gasteiger partial charge in [0.2, 0.25) is 0 Å². The van der Waals surface area contributed by atoms with Crippen LogP contribution in [0.25, 0.3) is 0 Å². The third kappa shape index (κ3) is 5.24. The first kappa shape index (κ1) is 13.1.